The van der Waals surface area contributed by atoms with Crippen LogP contribution in [0.4, 0.5) is 0 Å². The van der Waals surface area contributed by atoms with Crippen LogP contribution in [-0.2, 0) is 6.54 Å². The molecule has 2 fully saturated rings. The summed E-state index contributed by atoms with van der Waals surface area (Å²) >= 11 is 3.59. The molecule has 3 heteroatoms. The van der Waals surface area contributed by atoms with Gasteiger partial charge >= 0.3 is 0 Å². The lowest BCUT2D eigenvalue weighted by atomic mass is 9.85. The molecule has 1 aliphatic carbocycles. The third-order valence-corrected chi connectivity index (χ3v) is 5.30. The average Bonchev–Trinajstić information content (AvgIpc) is 2.78. The maximum absolute atomic E-state index is 9.60. The molecule has 2 atom stereocenters. The van der Waals surface area contributed by atoms with E-state index >= 15 is 0 Å². The lowest BCUT2D eigenvalue weighted by molar-refractivity contribution is 0.175. The van der Waals surface area contributed by atoms with Gasteiger partial charge in [-0.1, -0.05) is 28.8 Å². The summed E-state index contributed by atoms with van der Waals surface area (Å²) in [6.07, 6.45) is 6.95. The number of hydrogen-bond acceptors (Lipinski definition) is 2. The van der Waals surface area contributed by atoms with E-state index in [1.54, 1.807) is 6.07 Å². The van der Waals surface area contributed by atoms with Crippen LogP contribution in [0.15, 0.2) is 22.7 Å². The molecule has 1 aromatic rings. The second-order valence-electron chi connectivity index (χ2n) is 5.65. The molecule has 0 radical (unpaired) electrons. The van der Waals surface area contributed by atoms with Crippen molar-refractivity contribution in [3.63, 3.8) is 0 Å². The summed E-state index contributed by atoms with van der Waals surface area (Å²) in [7, 11) is 0. The predicted molar refractivity (Wildman–Crippen MR) is 76.6 cm³/mol. The fourth-order valence-electron chi connectivity index (χ4n) is 3.60. The van der Waals surface area contributed by atoms with Gasteiger partial charge in [0.05, 0.1) is 0 Å². The molecule has 1 heterocycles. The summed E-state index contributed by atoms with van der Waals surface area (Å²) in [5.74, 6) is 1.29. The Balaban J connectivity index is 1.74. The quantitative estimate of drug-likeness (QED) is 0.895. The van der Waals surface area contributed by atoms with Crippen molar-refractivity contribution in [1.29, 1.82) is 0 Å². The minimum atomic E-state index is 0.368. The first-order valence-corrected chi connectivity index (χ1v) is 7.75. The van der Waals surface area contributed by atoms with Crippen molar-refractivity contribution in [3.8, 4) is 5.75 Å². The van der Waals surface area contributed by atoms with E-state index in [-0.39, 0.29) is 0 Å². The summed E-state index contributed by atoms with van der Waals surface area (Å²) in [6, 6.07) is 6.35. The number of phenols is 1. The number of rotatable bonds is 2. The zero-order valence-electron chi connectivity index (χ0n) is 10.6. The molecule has 0 aromatic heterocycles. The Hall–Kier alpha value is -0.540. The minimum Gasteiger partial charge on any atom is -0.508 e. The number of phenolic OH excluding ortho intramolecular Hbond substituents is 1. The molecule has 2 unspecified atom stereocenters. The number of aromatic hydroxyl groups is 1. The van der Waals surface area contributed by atoms with Crippen LogP contribution in [0.25, 0.3) is 0 Å². The van der Waals surface area contributed by atoms with Crippen LogP contribution in [0.3, 0.4) is 0 Å². The van der Waals surface area contributed by atoms with E-state index < -0.39 is 0 Å². The molecule has 3 rings (SSSR count). The van der Waals surface area contributed by atoms with Crippen LogP contribution < -0.4 is 0 Å². The lowest BCUT2D eigenvalue weighted by Gasteiger charge is -2.32. The molecule has 1 saturated carbocycles. The second kappa shape index (κ2) is 5.22. The van der Waals surface area contributed by atoms with E-state index in [2.05, 4.69) is 20.8 Å². The molecule has 1 saturated heterocycles. The summed E-state index contributed by atoms with van der Waals surface area (Å²) in [5, 5.41) is 9.60. The number of likely N-dealkylation sites (tertiary alicyclic amines) is 1. The van der Waals surface area contributed by atoms with E-state index in [0.29, 0.717) is 5.75 Å². The first-order valence-electron chi connectivity index (χ1n) is 6.95. The van der Waals surface area contributed by atoms with Crippen molar-refractivity contribution < 1.29 is 5.11 Å². The first-order chi connectivity index (χ1) is 8.74. The Morgan fingerprint density at radius 2 is 2.06 bits per heavy atom. The Morgan fingerprint density at radius 1 is 1.22 bits per heavy atom. The highest BCUT2D eigenvalue weighted by molar-refractivity contribution is 9.10. The molecule has 1 aromatic carbocycles. The average molecular weight is 310 g/mol. The van der Waals surface area contributed by atoms with Gasteiger partial charge in [-0.05, 0) is 55.5 Å². The van der Waals surface area contributed by atoms with Gasteiger partial charge in [0, 0.05) is 17.1 Å². The van der Waals surface area contributed by atoms with Crippen LogP contribution >= 0.6 is 15.9 Å². The Kier molecular flexibility index (Phi) is 3.62. The van der Waals surface area contributed by atoms with Crippen LogP contribution in [0.5, 0.6) is 5.75 Å². The topological polar surface area (TPSA) is 23.5 Å². The van der Waals surface area contributed by atoms with Gasteiger partial charge in [0.25, 0.3) is 0 Å². The summed E-state index contributed by atoms with van der Waals surface area (Å²) in [4.78, 5) is 2.61. The minimum absolute atomic E-state index is 0.368. The van der Waals surface area contributed by atoms with Crippen LogP contribution in [0.1, 0.15) is 37.7 Å². The largest absolute Gasteiger partial charge is 0.508 e. The molecule has 1 aliphatic heterocycles. The number of benzene rings is 1. The highest BCUT2D eigenvalue weighted by Gasteiger charge is 2.35. The van der Waals surface area contributed by atoms with Gasteiger partial charge in [0.2, 0.25) is 0 Å². The van der Waals surface area contributed by atoms with Gasteiger partial charge in [-0.25, -0.2) is 0 Å². The van der Waals surface area contributed by atoms with Gasteiger partial charge < -0.3 is 5.11 Å². The zero-order valence-corrected chi connectivity index (χ0v) is 12.2. The van der Waals surface area contributed by atoms with Gasteiger partial charge in [0.1, 0.15) is 5.75 Å². The fourth-order valence-corrected chi connectivity index (χ4v) is 3.97. The predicted octanol–water partition coefficient (Wildman–Crippen LogP) is 3.92. The number of halogens is 1. The van der Waals surface area contributed by atoms with E-state index in [1.807, 2.05) is 12.1 Å². The van der Waals surface area contributed by atoms with Gasteiger partial charge in [-0.2, -0.15) is 0 Å². The highest BCUT2D eigenvalue weighted by atomic mass is 79.9. The molecule has 98 valence electrons. The summed E-state index contributed by atoms with van der Waals surface area (Å²) in [6.45, 7) is 2.19. The zero-order chi connectivity index (χ0) is 12.5. The normalized spacial score (nSPS) is 28.3. The van der Waals surface area contributed by atoms with Crippen molar-refractivity contribution in [2.24, 2.45) is 5.92 Å². The molecule has 0 amide bonds. The van der Waals surface area contributed by atoms with E-state index in [1.165, 1.54) is 44.2 Å². The molecule has 2 nitrogen and oxygen atoms in total. The molecule has 0 spiro atoms. The second-order valence-corrected chi connectivity index (χ2v) is 6.50. The summed E-state index contributed by atoms with van der Waals surface area (Å²) < 4.78 is 1.11. The van der Waals surface area contributed by atoms with Crippen LogP contribution in [0, 0.1) is 5.92 Å². The maximum atomic E-state index is 9.60. The van der Waals surface area contributed by atoms with Crippen molar-refractivity contribution in [3.05, 3.63) is 28.2 Å². The third kappa shape index (κ3) is 2.43. The molecule has 1 N–H and O–H groups in total. The maximum Gasteiger partial charge on any atom is 0.115 e. The lowest BCUT2D eigenvalue weighted by Crippen LogP contribution is -2.34. The summed E-state index contributed by atoms with van der Waals surface area (Å²) in [5.41, 5.74) is 1.21. The van der Waals surface area contributed by atoms with E-state index in [4.69, 9.17) is 0 Å². The van der Waals surface area contributed by atoms with Gasteiger partial charge in [0.15, 0.2) is 0 Å². The monoisotopic (exact) mass is 309 g/mol. The number of hydrogen-bond donors (Lipinski definition) is 1. The highest BCUT2D eigenvalue weighted by Crippen LogP contribution is 2.37. The Bertz CT molecular complexity index is 435. The van der Waals surface area contributed by atoms with Gasteiger partial charge in [-0.15, -0.1) is 0 Å². The molecular weight excluding hydrogens is 290 g/mol. The fraction of sp³-hybridized carbons (Fsp3) is 0.600. The first kappa shape index (κ1) is 12.5. The van der Waals surface area contributed by atoms with Crippen molar-refractivity contribution in [2.45, 2.75) is 44.7 Å². The van der Waals surface area contributed by atoms with Crippen LogP contribution in [-0.4, -0.2) is 22.6 Å². The third-order valence-electron chi connectivity index (χ3n) is 4.53. The SMILES string of the molecule is Oc1ccc(Br)c(CN2CCC3CCCCC32)c1. The Labute approximate surface area is 117 Å². The smallest absolute Gasteiger partial charge is 0.115 e. The van der Waals surface area contributed by atoms with E-state index in [0.717, 1.165) is 23.0 Å². The van der Waals surface area contributed by atoms with E-state index in [9.17, 15) is 5.11 Å². The van der Waals surface area contributed by atoms with Crippen molar-refractivity contribution in [1.82, 2.24) is 4.90 Å². The number of fused-ring (bicyclic) bond motifs is 1. The molecule has 2 aliphatic rings. The standard InChI is InChI=1S/C15H20BrNO/c16-14-6-5-13(18)9-12(14)10-17-8-7-11-3-1-2-4-15(11)17/h5-6,9,11,15,18H,1-4,7-8,10H2. The molecule has 0 bridgehead atoms. The number of nitrogens with zero attached hydrogens (tertiary/aromatic N) is 1. The molecular formula is C15H20BrNO. The molecule has 18 heavy (non-hydrogen) atoms. The van der Waals surface area contributed by atoms with Crippen LogP contribution in [0.2, 0.25) is 0 Å². The van der Waals surface area contributed by atoms with Crippen molar-refractivity contribution >= 4 is 15.9 Å². The van der Waals surface area contributed by atoms with Crippen molar-refractivity contribution in [2.75, 3.05) is 6.54 Å². The van der Waals surface area contributed by atoms with Gasteiger partial charge in [-0.3, -0.25) is 4.90 Å². The Morgan fingerprint density at radius 3 is 2.94 bits per heavy atom.